The summed E-state index contributed by atoms with van der Waals surface area (Å²) >= 11 is 0. The molecule has 0 bridgehead atoms. The molecule has 0 amide bonds. The summed E-state index contributed by atoms with van der Waals surface area (Å²) < 4.78 is 1.37. The molecule has 0 N–H and O–H groups in total. The lowest BCUT2D eigenvalue weighted by atomic mass is 9.75. The van der Waals surface area contributed by atoms with Gasteiger partial charge in [0.15, 0.2) is 11.3 Å². The van der Waals surface area contributed by atoms with Crippen LogP contribution in [0.5, 0.6) is 0 Å². The van der Waals surface area contributed by atoms with E-state index >= 15 is 0 Å². The monoisotopic (exact) mass is 257 g/mol. The van der Waals surface area contributed by atoms with Crippen LogP contribution >= 0.6 is 0 Å². The Labute approximate surface area is 115 Å². The van der Waals surface area contributed by atoms with Crippen LogP contribution in [0.3, 0.4) is 0 Å². The van der Waals surface area contributed by atoms with Crippen molar-refractivity contribution >= 4 is 5.71 Å². The molecule has 1 fully saturated rings. The van der Waals surface area contributed by atoms with Crippen molar-refractivity contribution in [1.82, 2.24) is 0 Å². The van der Waals surface area contributed by atoms with E-state index in [9.17, 15) is 5.21 Å². The van der Waals surface area contributed by atoms with Gasteiger partial charge in [-0.25, -0.2) is 4.74 Å². The molecule has 0 aromatic heterocycles. The van der Waals surface area contributed by atoms with E-state index < -0.39 is 0 Å². The van der Waals surface area contributed by atoms with Crippen LogP contribution in [-0.4, -0.2) is 16.0 Å². The van der Waals surface area contributed by atoms with Crippen LogP contribution in [0.1, 0.15) is 69.4 Å². The smallest absolute Gasteiger partial charge is 0.191 e. The SMILES string of the molecule is CC1=[N+]([O-])C2(CCCCC2)C[C@H](C)c2ccccc21. The summed E-state index contributed by atoms with van der Waals surface area (Å²) in [6, 6.07) is 8.44. The molecule has 19 heavy (non-hydrogen) atoms. The maximum Gasteiger partial charge on any atom is 0.191 e. The molecule has 0 saturated heterocycles. The first-order valence-electron chi connectivity index (χ1n) is 7.54. The Hall–Kier alpha value is -1.31. The van der Waals surface area contributed by atoms with Gasteiger partial charge in [0.25, 0.3) is 0 Å². The maximum absolute atomic E-state index is 12.9. The van der Waals surface area contributed by atoms with Crippen molar-refractivity contribution in [2.45, 2.75) is 63.8 Å². The first-order valence-corrected chi connectivity index (χ1v) is 7.54. The van der Waals surface area contributed by atoms with Crippen molar-refractivity contribution in [3.63, 3.8) is 0 Å². The van der Waals surface area contributed by atoms with Gasteiger partial charge in [-0.15, -0.1) is 0 Å². The predicted molar refractivity (Wildman–Crippen MR) is 78.7 cm³/mol. The van der Waals surface area contributed by atoms with Gasteiger partial charge in [-0.1, -0.05) is 31.5 Å². The maximum atomic E-state index is 12.9. The largest absolute Gasteiger partial charge is 0.623 e. The van der Waals surface area contributed by atoms with Crippen LogP contribution in [0.15, 0.2) is 24.3 Å². The third-order valence-corrected chi connectivity index (χ3v) is 5.09. The average molecular weight is 257 g/mol. The van der Waals surface area contributed by atoms with E-state index in [1.165, 1.54) is 29.6 Å². The minimum atomic E-state index is -0.138. The molecular formula is C17H23NO. The lowest BCUT2D eigenvalue weighted by Crippen LogP contribution is -2.43. The molecule has 1 aromatic carbocycles. The highest BCUT2D eigenvalue weighted by molar-refractivity contribution is 5.97. The zero-order chi connectivity index (χ0) is 13.5. The number of hydroxylamine groups is 1. The summed E-state index contributed by atoms with van der Waals surface area (Å²) in [5.41, 5.74) is 3.29. The van der Waals surface area contributed by atoms with Gasteiger partial charge in [0.2, 0.25) is 0 Å². The first kappa shape index (κ1) is 12.7. The molecule has 1 heterocycles. The Morgan fingerprint density at radius 2 is 1.84 bits per heavy atom. The molecule has 3 rings (SSSR count). The van der Waals surface area contributed by atoms with Crippen molar-refractivity contribution in [2.24, 2.45) is 0 Å². The predicted octanol–water partition coefficient (Wildman–Crippen LogP) is 4.22. The zero-order valence-electron chi connectivity index (χ0n) is 12.0. The van der Waals surface area contributed by atoms with Crippen molar-refractivity contribution in [2.75, 3.05) is 0 Å². The zero-order valence-corrected chi connectivity index (χ0v) is 12.0. The van der Waals surface area contributed by atoms with Crippen molar-refractivity contribution in [3.8, 4) is 0 Å². The highest BCUT2D eigenvalue weighted by atomic mass is 16.5. The molecule has 1 aromatic rings. The second-order valence-corrected chi connectivity index (χ2v) is 6.36. The molecule has 1 saturated carbocycles. The van der Waals surface area contributed by atoms with Gasteiger partial charge in [-0.3, -0.25) is 0 Å². The quantitative estimate of drug-likeness (QED) is 0.505. The Balaban J connectivity index is 2.13. The molecule has 1 aliphatic heterocycles. The molecule has 0 unspecified atom stereocenters. The number of fused-ring (bicyclic) bond motifs is 1. The number of rotatable bonds is 0. The van der Waals surface area contributed by atoms with Crippen molar-refractivity contribution < 1.29 is 4.74 Å². The van der Waals surface area contributed by atoms with Gasteiger partial charge in [-0.2, -0.15) is 0 Å². The molecule has 1 spiro atoms. The molecule has 2 heteroatoms. The van der Waals surface area contributed by atoms with Crippen LogP contribution < -0.4 is 0 Å². The topological polar surface area (TPSA) is 26.1 Å². The van der Waals surface area contributed by atoms with Gasteiger partial charge in [-0.05, 0) is 30.4 Å². The summed E-state index contributed by atoms with van der Waals surface area (Å²) in [5, 5.41) is 12.9. The number of nitrogens with zero attached hydrogens (tertiary/aromatic N) is 1. The Morgan fingerprint density at radius 3 is 2.58 bits per heavy atom. The van der Waals surface area contributed by atoms with Crippen molar-refractivity contribution in [1.29, 1.82) is 0 Å². The van der Waals surface area contributed by atoms with Crippen LogP contribution in [0.25, 0.3) is 0 Å². The lowest BCUT2D eigenvalue weighted by molar-refractivity contribution is -0.557. The first-order chi connectivity index (χ1) is 9.14. The normalized spacial score (nSPS) is 26.1. The van der Waals surface area contributed by atoms with E-state index in [0.29, 0.717) is 5.92 Å². The van der Waals surface area contributed by atoms with Crippen molar-refractivity contribution in [3.05, 3.63) is 40.6 Å². The lowest BCUT2D eigenvalue weighted by Gasteiger charge is -2.36. The molecule has 0 radical (unpaired) electrons. The van der Waals surface area contributed by atoms with E-state index in [-0.39, 0.29) is 5.54 Å². The van der Waals surface area contributed by atoms with Crippen LogP contribution in [0, 0.1) is 5.21 Å². The van der Waals surface area contributed by atoms with E-state index in [4.69, 9.17) is 0 Å². The van der Waals surface area contributed by atoms with E-state index in [0.717, 1.165) is 30.5 Å². The van der Waals surface area contributed by atoms with E-state index in [1.54, 1.807) is 0 Å². The second kappa shape index (κ2) is 4.66. The minimum absolute atomic E-state index is 0.138. The van der Waals surface area contributed by atoms with Gasteiger partial charge in [0.05, 0.1) is 0 Å². The Morgan fingerprint density at radius 1 is 1.16 bits per heavy atom. The number of hydrogen-bond acceptors (Lipinski definition) is 1. The van der Waals surface area contributed by atoms with Crippen LogP contribution in [-0.2, 0) is 0 Å². The highest BCUT2D eigenvalue weighted by Crippen LogP contribution is 2.42. The minimum Gasteiger partial charge on any atom is -0.623 e. The molecule has 1 atom stereocenters. The van der Waals surface area contributed by atoms with Crippen LogP contribution in [0.4, 0.5) is 0 Å². The third kappa shape index (κ3) is 1.98. The fraction of sp³-hybridized carbons (Fsp3) is 0.588. The summed E-state index contributed by atoms with van der Waals surface area (Å²) in [6.07, 6.45) is 6.82. The van der Waals surface area contributed by atoms with Gasteiger partial charge in [0, 0.05) is 31.7 Å². The summed E-state index contributed by atoms with van der Waals surface area (Å²) in [6.45, 7) is 4.28. The number of benzene rings is 1. The molecule has 2 nitrogen and oxygen atoms in total. The fourth-order valence-corrected chi connectivity index (χ4v) is 4.10. The fourth-order valence-electron chi connectivity index (χ4n) is 4.10. The molecular weight excluding hydrogens is 234 g/mol. The molecule has 1 aliphatic carbocycles. The summed E-state index contributed by atoms with van der Waals surface area (Å²) in [7, 11) is 0. The number of hydrogen-bond donors (Lipinski definition) is 0. The summed E-state index contributed by atoms with van der Waals surface area (Å²) in [4.78, 5) is 0. The Bertz CT molecular complexity index is 512. The van der Waals surface area contributed by atoms with E-state index in [1.807, 2.05) is 13.0 Å². The molecule has 2 aliphatic rings. The Kier molecular flexibility index (Phi) is 3.12. The van der Waals surface area contributed by atoms with Gasteiger partial charge < -0.3 is 5.21 Å². The average Bonchev–Trinajstić information content (AvgIpc) is 2.52. The van der Waals surface area contributed by atoms with Gasteiger partial charge >= 0.3 is 0 Å². The second-order valence-electron chi connectivity index (χ2n) is 6.36. The standard InChI is InChI=1S/C17H23NO/c1-13-12-17(10-6-3-7-11-17)18(19)14(2)16-9-5-4-8-15(13)16/h4-5,8-9,13H,3,6-7,10-12H2,1-2H3/t13-/m0/s1. The van der Waals surface area contributed by atoms with Crippen LogP contribution in [0.2, 0.25) is 0 Å². The van der Waals surface area contributed by atoms with Gasteiger partial charge in [0.1, 0.15) is 0 Å². The molecule has 102 valence electrons. The third-order valence-electron chi connectivity index (χ3n) is 5.09. The summed E-state index contributed by atoms with van der Waals surface area (Å²) in [5.74, 6) is 0.475. The van der Waals surface area contributed by atoms with E-state index in [2.05, 4.69) is 25.1 Å². The highest BCUT2D eigenvalue weighted by Gasteiger charge is 2.44.